The lowest BCUT2D eigenvalue weighted by atomic mass is 10.0. The van der Waals surface area contributed by atoms with Gasteiger partial charge in [0, 0.05) is 12.7 Å². The first-order valence-electron chi connectivity index (χ1n) is 7.28. The zero-order chi connectivity index (χ0) is 15.5. The molecule has 0 aromatic carbocycles. The largest absolute Gasteiger partial charge is 0.464 e. The number of nitrogens with one attached hydrogen (secondary N) is 2. The number of sulfonamides is 1. The molecule has 1 unspecified atom stereocenters. The second-order valence-electron chi connectivity index (χ2n) is 5.78. The van der Waals surface area contributed by atoms with Crippen LogP contribution in [-0.4, -0.2) is 33.7 Å². The van der Waals surface area contributed by atoms with E-state index in [1.54, 1.807) is 13.0 Å². The van der Waals surface area contributed by atoms with Crippen molar-refractivity contribution < 1.29 is 17.6 Å². The molecule has 0 saturated carbocycles. The predicted molar refractivity (Wildman–Crippen MR) is 79.6 cm³/mol. The van der Waals surface area contributed by atoms with Gasteiger partial charge in [-0.25, -0.2) is 13.1 Å². The third-order valence-electron chi connectivity index (χ3n) is 3.54. The van der Waals surface area contributed by atoms with Gasteiger partial charge >= 0.3 is 0 Å². The number of aryl methyl sites for hydroxylation is 1. The first kappa shape index (κ1) is 16.5. The summed E-state index contributed by atoms with van der Waals surface area (Å²) >= 11 is 0. The second-order valence-corrected chi connectivity index (χ2v) is 7.43. The molecule has 1 saturated heterocycles. The van der Waals surface area contributed by atoms with Crippen LogP contribution in [0.2, 0.25) is 0 Å². The SMILES string of the molecule is CCCNCc1cc(S(=O)(=O)NC2(C)CCOC2)c(C)o1. The maximum absolute atomic E-state index is 12.5. The van der Waals surface area contributed by atoms with Crippen molar-refractivity contribution in [1.82, 2.24) is 10.0 Å². The van der Waals surface area contributed by atoms with Crippen molar-refractivity contribution >= 4 is 10.0 Å². The topological polar surface area (TPSA) is 80.6 Å². The van der Waals surface area contributed by atoms with E-state index >= 15 is 0 Å². The quantitative estimate of drug-likeness (QED) is 0.746. The van der Waals surface area contributed by atoms with E-state index < -0.39 is 15.6 Å². The summed E-state index contributed by atoms with van der Waals surface area (Å²) in [5.74, 6) is 1.05. The van der Waals surface area contributed by atoms with Gasteiger partial charge in [-0.05, 0) is 33.2 Å². The van der Waals surface area contributed by atoms with Crippen molar-refractivity contribution in [1.29, 1.82) is 0 Å². The molecule has 0 amide bonds. The Morgan fingerprint density at radius 3 is 2.81 bits per heavy atom. The maximum Gasteiger partial charge on any atom is 0.244 e. The van der Waals surface area contributed by atoms with Crippen LogP contribution < -0.4 is 10.0 Å². The summed E-state index contributed by atoms with van der Waals surface area (Å²) < 4.78 is 38.6. The normalized spacial score (nSPS) is 22.8. The van der Waals surface area contributed by atoms with Crippen molar-refractivity contribution in [2.24, 2.45) is 0 Å². The van der Waals surface area contributed by atoms with Crippen LogP contribution >= 0.6 is 0 Å². The Morgan fingerprint density at radius 1 is 1.43 bits per heavy atom. The van der Waals surface area contributed by atoms with Gasteiger partial charge in [0.1, 0.15) is 16.4 Å². The molecule has 2 N–H and O–H groups in total. The van der Waals surface area contributed by atoms with Gasteiger partial charge in [-0.3, -0.25) is 0 Å². The number of ether oxygens (including phenoxy) is 1. The third kappa shape index (κ3) is 4.06. The minimum Gasteiger partial charge on any atom is -0.464 e. The summed E-state index contributed by atoms with van der Waals surface area (Å²) in [5.41, 5.74) is -0.539. The third-order valence-corrected chi connectivity index (χ3v) is 5.28. The van der Waals surface area contributed by atoms with Crippen molar-refractivity contribution in [3.63, 3.8) is 0 Å². The highest BCUT2D eigenvalue weighted by Crippen LogP contribution is 2.25. The van der Waals surface area contributed by atoms with Crippen LogP contribution in [-0.2, 0) is 21.3 Å². The molecule has 2 rings (SSSR count). The average Bonchev–Trinajstić information content (AvgIpc) is 2.96. The highest BCUT2D eigenvalue weighted by Gasteiger charge is 2.35. The number of hydrogen-bond donors (Lipinski definition) is 2. The van der Waals surface area contributed by atoms with Crippen LogP contribution in [0.4, 0.5) is 0 Å². The maximum atomic E-state index is 12.5. The molecule has 21 heavy (non-hydrogen) atoms. The van der Waals surface area contributed by atoms with Gasteiger partial charge in [-0.1, -0.05) is 6.92 Å². The van der Waals surface area contributed by atoms with Crippen LogP contribution in [0.3, 0.4) is 0 Å². The first-order chi connectivity index (χ1) is 9.86. The average molecular weight is 316 g/mol. The standard InChI is InChI=1S/C14H24N2O4S/c1-4-6-15-9-12-8-13(11(2)20-12)21(17,18)16-14(3)5-7-19-10-14/h8,15-16H,4-7,9-10H2,1-3H3. The van der Waals surface area contributed by atoms with Gasteiger partial charge < -0.3 is 14.5 Å². The minimum absolute atomic E-state index is 0.212. The number of rotatable bonds is 7. The van der Waals surface area contributed by atoms with E-state index in [1.165, 1.54) is 0 Å². The minimum atomic E-state index is -3.59. The van der Waals surface area contributed by atoms with E-state index in [-0.39, 0.29) is 4.90 Å². The lowest BCUT2D eigenvalue weighted by Crippen LogP contribution is -2.46. The molecule has 1 atom stereocenters. The molecule has 120 valence electrons. The highest BCUT2D eigenvalue weighted by atomic mass is 32.2. The monoisotopic (exact) mass is 316 g/mol. The van der Waals surface area contributed by atoms with Crippen molar-refractivity contribution in [2.75, 3.05) is 19.8 Å². The Morgan fingerprint density at radius 2 is 2.19 bits per heavy atom. The van der Waals surface area contributed by atoms with Crippen LogP contribution in [0.15, 0.2) is 15.4 Å². The first-order valence-corrected chi connectivity index (χ1v) is 8.76. The van der Waals surface area contributed by atoms with Gasteiger partial charge in [0.05, 0.1) is 18.7 Å². The van der Waals surface area contributed by atoms with Crippen LogP contribution in [0, 0.1) is 6.92 Å². The van der Waals surface area contributed by atoms with Gasteiger partial charge in [-0.15, -0.1) is 0 Å². The fraction of sp³-hybridized carbons (Fsp3) is 0.714. The summed E-state index contributed by atoms with van der Waals surface area (Å²) in [5, 5.41) is 3.19. The van der Waals surface area contributed by atoms with E-state index in [0.717, 1.165) is 13.0 Å². The summed E-state index contributed by atoms with van der Waals surface area (Å²) in [6.45, 7) is 7.98. The van der Waals surface area contributed by atoms with Crippen molar-refractivity contribution in [3.8, 4) is 0 Å². The van der Waals surface area contributed by atoms with E-state index in [9.17, 15) is 8.42 Å². The van der Waals surface area contributed by atoms with E-state index in [2.05, 4.69) is 17.0 Å². The van der Waals surface area contributed by atoms with Crippen LogP contribution in [0.1, 0.15) is 38.2 Å². The molecule has 1 fully saturated rings. The molecule has 1 aromatic heterocycles. The van der Waals surface area contributed by atoms with Gasteiger partial charge in [0.2, 0.25) is 10.0 Å². The molecule has 1 aliphatic rings. The Bertz CT molecular complexity index is 574. The molecule has 0 aliphatic carbocycles. The molecule has 7 heteroatoms. The summed E-state index contributed by atoms with van der Waals surface area (Å²) in [6.07, 6.45) is 1.69. The highest BCUT2D eigenvalue weighted by molar-refractivity contribution is 7.89. The zero-order valence-electron chi connectivity index (χ0n) is 12.9. The Hall–Kier alpha value is -0.890. The van der Waals surface area contributed by atoms with Crippen LogP contribution in [0.25, 0.3) is 0 Å². The van der Waals surface area contributed by atoms with Crippen LogP contribution in [0.5, 0.6) is 0 Å². The zero-order valence-corrected chi connectivity index (χ0v) is 13.7. The molecular formula is C14H24N2O4S. The molecule has 0 radical (unpaired) electrons. The van der Waals surface area contributed by atoms with Gasteiger partial charge in [0.25, 0.3) is 0 Å². The number of furan rings is 1. The smallest absolute Gasteiger partial charge is 0.244 e. The Kier molecular flexibility index (Phi) is 5.08. The second kappa shape index (κ2) is 6.48. The summed E-state index contributed by atoms with van der Waals surface area (Å²) in [6, 6.07) is 1.60. The summed E-state index contributed by atoms with van der Waals surface area (Å²) in [4.78, 5) is 0.212. The molecular weight excluding hydrogens is 292 g/mol. The van der Waals surface area contributed by atoms with Crippen molar-refractivity contribution in [3.05, 3.63) is 17.6 Å². The van der Waals surface area contributed by atoms with Gasteiger partial charge in [0.15, 0.2) is 0 Å². The molecule has 1 aromatic rings. The molecule has 2 heterocycles. The lowest BCUT2D eigenvalue weighted by molar-refractivity contribution is 0.178. The fourth-order valence-corrected chi connectivity index (χ4v) is 4.02. The van der Waals surface area contributed by atoms with Gasteiger partial charge in [-0.2, -0.15) is 0 Å². The predicted octanol–water partition coefficient (Wildman–Crippen LogP) is 1.54. The summed E-state index contributed by atoms with van der Waals surface area (Å²) in [7, 11) is -3.59. The Balaban J connectivity index is 2.12. The van der Waals surface area contributed by atoms with E-state index in [1.807, 2.05) is 6.92 Å². The Labute approximate surface area is 126 Å². The molecule has 6 nitrogen and oxygen atoms in total. The lowest BCUT2D eigenvalue weighted by Gasteiger charge is -2.22. The molecule has 1 aliphatic heterocycles. The van der Waals surface area contributed by atoms with Crippen molar-refractivity contribution in [2.45, 2.75) is 50.6 Å². The molecule has 0 bridgehead atoms. The van der Waals surface area contributed by atoms with E-state index in [0.29, 0.717) is 37.7 Å². The van der Waals surface area contributed by atoms with E-state index in [4.69, 9.17) is 9.15 Å². The fourth-order valence-electron chi connectivity index (χ4n) is 2.39. The number of hydrogen-bond acceptors (Lipinski definition) is 5. The molecule has 0 spiro atoms.